The van der Waals surface area contributed by atoms with Crippen LogP contribution in [0.1, 0.15) is 19.8 Å². The normalized spacial score (nSPS) is 23.9. The summed E-state index contributed by atoms with van der Waals surface area (Å²) in [4.78, 5) is 21.3. The van der Waals surface area contributed by atoms with Gasteiger partial charge in [-0.05, 0) is 13.3 Å². The van der Waals surface area contributed by atoms with Gasteiger partial charge in [0.2, 0.25) is 5.91 Å². The Kier molecular flexibility index (Phi) is 1.98. The monoisotopic (exact) mass is 157 g/mol. The van der Waals surface area contributed by atoms with Crippen molar-refractivity contribution in [1.29, 1.82) is 0 Å². The molecular weight excluding hydrogens is 146 g/mol. The second kappa shape index (κ2) is 2.77. The van der Waals surface area contributed by atoms with Gasteiger partial charge in [0, 0.05) is 6.42 Å². The zero-order valence-corrected chi connectivity index (χ0v) is 6.33. The van der Waals surface area contributed by atoms with Crippen molar-refractivity contribution < 1.29 is 9.59 Å². The van der Waals surface area contributed by atoms with Crippen molar-refractivity contribution in [1.82, 2.24) is 10.4 Å². The number of primary amides is 1. The van der Waals surface area contributed by atoms with E-state index < -0.39 is 6.03 Å². The lowest BCUT2D eigenvalue weighted by Crippen LogP contribution is -2.48. The number of nitrogens with two attached hydrogens (primary N) is 1. The van der Waals surface area contributed by atoms with E-state index in [2.05, 4.69) is 5.43 Å². The van der Waals surface area contributed by atoms with Gasteiger partial charge in [-0.25, -0.2) is 15.2 Å². The van der Waals surface area contributed by atoms with Gasteiger partial charge in [0.15, 0.2) is 0 Å². The number of carbonyl (C=O) groups excluding carboxylic acids is 2. The summed E-state index contributed by atoms with van der Waals surface area (Å²) < 4.78 is 0. The number of carbonyl (C=O) groups is 2. The van der Waals surface area contributed by atoms with Crippen LogP contribution in [0.3, 0.4) is 0 Å². The van der Waals surface area contributed by atoms with Crippen LogP contribution in [0.5, 0.6) is 0 Å². The average Bonchev–Trinajstić information content (AvgIpc) is 2.18. The number of nitrogens with one attached hydrogen (secondary N) is 1. The molecule has 0 aromatic carbocycles. The molecule has 1 atom stereocenters. The SMILES string of the molecule is CC1CCC(=O)N1NC(N)=O. The van der Waals surface area contributed by atoms with Gasteiger partial charge in [0.25, 0.3) is 0 Å². The largest absolute Gasteiger partial charge is 0.350 e. The van der Waals surface area contributed by atoms with Crippen molar-refractivity contribution in [2.75, 3.05) is 0 Å². The Bertz CT molecular complexity index is 192. The molecule has 1 heterocycles. The van der Waals surface area contributed by atoms with Crippen LogP contribution >= 0.6 is 0 Å². The van der Waals surface area contributed by atoms with Crippen LogP contribution in [0.4, 0.5) is 4.79 Å². The third kappa shape index (κ3) is 1.60. The summed E-state index contributed by atoms with van der Waals surface area (Å²) in [5.74, 6) is -0.0729. The summed E-state index contributed by atoms with van der Waals surface area (Å²) in [6.07, 6.45) is 1.26. The molecule has 5 heteroatoms. The molecule has 0 aliphatic carbocycles. The highest BCUT2D eigenvalue weighted by atomic mass is 16.2. The molecule has 1 fully saturated rings. The molecule has 1 unspecified atom stereocenters. The quantitative estimate of drug-likeness (QED) is 0.542. The zero-order chi connectivity index (χ0) is 8.43. The van der Waals surface area contributed by atoms with Crippen LogP contribution in [0.15, 0.2) is 0 Å². The van der Waals surface area contributed by atoms with E-state index in [1.54, 1.807) is 0 Å². The second-order valence-corrected chi connectivity index (χ2v) is 2.63. The number of amides is 3. The second-order valence-electron chi connectivity index (χ2n) is 2.63. The maximum Gasteiger partial charge on any atom is 0.331 e. The number of rotatable bonds is 1. The molecule has 1 saturated heterocycles. The summed E-state index contributed by atoms with van der Waals surface area (Å²) in [6, 6.07) is -0.623. The van der Waals surface area contributed by atoms with E-state index in [0.29, 0.717) is 6.42 Å². The van der Waals surface area contributed by atoms with Gasteiger partial charge in [0.1, 0.15) is 0 Å². The minimum atomic E-state index is -0.688. The van der Waals surface area contributed by atoms with Crippen LogP contribution in [0.2, 0.25) is 0 Å². The van der Waals surface area contributed by atoms with Crippen LogP contribution in [-0.2, 0) is 4.79 Å². The number of hydrogen-bond donors (Lipinski definition) is 2. The highest BCUT2D eigenvalue weighted by molar-refractivity contribution is 5.82. The molecule has 62 valence electrons. The smallest absolute Gasteiger partial charge is 0.331 e. The van der Waals surface area contributed by atoms with E-state index in [1.807, 2.05) is 6.92 Å². The highest BCUT2D eigenvalue weighted by Gasteiger charge is 2.28. The van der Waals surface area contributed by atoms with Gasteiger partial charge >= 0.3 is 6.03 Å². The molecular formula is C6H11N3O2. The summed E-state index contributed by atoms with van der Waals surface area (Å²) in [5.41, 5.74) is 7.12. The van der Waals surface area contributed by atoms with Gasteiger partial charge in [0.05, 0.1) is 6.04 Å². The third-order valence-corrected chi connectivity index (χ3v) is 1.72. The average molecular weight is 157 g/mol. The summed E-state index contributed by atoms with van der Waals surface area (Å²) in [5, 5.41) is 1.28. The first-order valence-electron chi connectivity index (χ1n) is 3.49. The molecule has 3 N–H and O–H groups in total. The van der Waals surface area contributed by atoms with Gasteiger partial charge in [-0.15, -0.1) is 0 Å². The predicted molar refractivity (Wildman–Crippen MR) is 38.3 cm³/mol. The van der Waals surface area contributed by atoms with Crippen molar-refractivity contribution in [3.8, 4) is 0 Å². The van der Waals surface area contributed by atoms with Gasteiger partial charge < -0.3 is 5.73 Å². The lowest BCUT2D eigenvalue weighted by Gasteiger charge is -2.20. The van der Waals surface area contributed by atoms with E-state index in [1.165, 1.54) is 5.01 Å². The van der Waals surface area contributed by atoms with Gasteiger partial charge in [-0.1, -0.05) is 0 Å². The number of urea groups is 1. The van der Waals surface area contributed by atoms with Crippen LogP contribution in [0, 0.1) is 0 Å². The molecule has 1 rings (SSSR count). The highest BCUT2D eigenvalue weighted by Crippen LogP contribution is 2.14. The molecule has 0 bridgehead atoms. The first-order valence-corrected chi connectivity index (χ1v) is 3.49. The minimum absolute atomic E-state index is 0.0648. The molecule has 0 aromatic rings. The Morgan fingerprint density at radius 2 is 2.45 bits per heavy atom. The molecule has 1 aliphatic rings. The molecule has 0 spiro atoms. The van der Waals surface area contributed by atoms with E-state index >= 15 is 0 Å². The van der Waals surface area contributed by atoms with E-state index in [4.69, 9.17) is 5.73 Å². The van der Waals surface area contributed by atoms with Crippen LogP contribution in [0.25, 0.3) is 0 Å². The Morgan fingerprint density at radius 1 is 1.82 bits per heavy atom. The Morgan fingerprint density at radius 3 is 2.82 bits per heavy atom. The molecule has 0 saturated carbocycles. The molecule has 0 radical (unpaired) electrons. The first-order chi connectivity index (χ1) is 5.11. The summed E-state index contributed by atoms with van der Waals surface area (Å²) >= 11 is 0. The molecule has 3 amide bonds. The summed E-state index contributed by atoms with van der Waals surface area (Å²) in [6.45, 7) is 1.86. The lowest BCUT2D eigenvalue weighted by molar-refractivity contribution is -0.130. The van der Waals surface area contributed by atoms with Gasteiger partial charge in [-0.2, -0.15) is 0 Å². The topological polar surface area (TPSA) is 75.4 Å². The fraction of sp³-hybridized carbons (Fsp3) is 0.667. The molecule has 5 nitrogen and oxygen atoms in total. The number of hydrazine groups is 1. The van der Waals surface area contributed by atoms with E-state index in [9.17, 15) is 9.59 Å². The van der Waals surface area contributed by atoms with Crippen molar-refractivity contribution in [2.45, 2.75) is 25.8 Å². The van der Waals surface area contributed by atoms with E-state index in [-0.39, 0.29) is 11.9 Å². The fourth-order valence-electron chi connectivity index (χ4n) is 1.12. The van der Waals surface area contributed by atoms with Crippen molar-refractivity contribution in [2.24, 2.45) is 5.73 Å². The van der Waals surface area contributed by atoms with Crippen LogP contribution < -0.4 is 11.2 Å². The lowest BCUT2D eigenvalue weighted by atomic mass is 10.3. The third-order valence-electron chi connectivity index (χ3n) is 1.72. The molecule has 0 aromatic heterocycles. The molecule has 11 heavy (non-hydrogen) atoms. The predicted octanol–water partition coefficient (Wildman–Crippen LogP) is -0.419. The zero-order valence-electron chi connectivity index (χ0n) is 6.33. The standard InChI is InChI=1S/C6H11N3O2/c1-4-2-3-5(10)9(4)8-6(7)11/h4H,2-3H2,1H3,(H3,7,8,11). The Hall–Kier alpha value is -1.26. The Labute approximate surface area is 64.5 Å². The van der Waals surface area contributed by atoms with Gasteiger partial charge in [-0.3, -0.25) is 4.79 Å². The first kappa shape index (κ1) is 7.84. The fourth-order valence-corrected chi connectivity index (χ4v) is 1.12. The molecule has 1 aliphatic heterocycles. The number of nitrogens with zero attached hydrogens (tertiary/aromatic N) is 1. The number of hydrogen-bond acceptors (Lipinski definition) is 2. The van der Waals surface area contributed by atoms with Crippen molar-refractivity contribution >= 4 is 11.9 Å². The Balaban J connectivity index is 2.54. The maximum atomic E-state index is 11.0. The maximum absolute atomic E-state index is 11.0. The van der Waals surface area contributed by atoms with Crippen LogP contribution in [-0.4, -0.2) is 23.0 Å². The van der Waals surface area contributed by atoms with Crippen molar-refractivity contribution in [3.63, 3.8) is 0 Å². The minimum Gasteiger partial charge on any atom is -0.350 e. The summed E-state index contributed by atoms with van der Waals surface area (Å²) in [7, 11) is 0. The van der Waals surface area contributed by atoms with Crippen molar-refractivity contribution in [3.05, 3.63) is 0 Å². The van der Waals surface area contributed by atoms with E-state index in [0.717, 1.165) is 6.42 Å².